The van der Waals surface area contributed by atoms with Crippen molar-refractivity contribution < 1.29 is 4.21 Å². The van der Waals surface area contributed by atoms with E-state index in [4.69, 9.17) is 0 Å². The van der Waals surface area contributed by atoms with Crippen LogP contribution in [0, 0.1) is 6.92 Å². The lowest BCUT2D eigenvalue weighted by Crippen LogP contribution is -2.48. The number of rotatable bonds is 7. The Bertz CT molecular complexity index is 691. The van der Waals surface area contributed by atoms with E-state index in [2.05, 4.69) is 51.7 Å². The van der Waals surface area contributed by atoms with Gasteiger partial charge in [-0.2, -0.15) is 0 Å². The largest absolute Gasteiger partial charge is 0.354 e. The summed E-state index contributed by atoms with van der Waals surface area (Å²) in [6.45, 7) is 7.34. The number of nitrogens with one attached hydrogen (secondary N) is 2. The van der Waals surface area contributed by atoms with Gasteiger partial charge in [0, 0.05) is 41.4 Å². The van der Waals surface area contributed by atoms with Crippen LogP contribution in [-0.4, -0.2) is 58.8 Å². The number of hydrogen-bond donors (Lipinski definition) is 2. The first-order valence-electron chi connectivity index (χ1n) is 11.3. The molecule has 1 aliphatic heterocycles. The van der Waals surface area contributed by atoms with Gasteiger partial charge in [0.1, 0.15) is 0 Å². The Morgan fingerprint density at radius 1 is 1.20 bits per heavy atom. The maximum absolute atomic E-state index is 12.2. The van der Waals surface area contributed by atoms with Crippen molar-refractivity contribution in [1.82, 2.24) is 15.5 Å². The Labute approximate surface area is 202 Å². The summed E-state index contributed by atoms with van der Waals surface area (Å²) in [7, 11) is 1.15. The predicted molar refractivity (Wildman–Crippen MR) is 139 cm³/mol. The van der Waals surface area contributed by atoms with Gasteiger partial charge in [-0.05, 0) is 57.7 Å². The van der Waals surface area contributed by atoms with Crippen LogP contribution in [-0.2, 0) is 10.8 Å². The van der Waals surface area contributed by atoms with Crippen LogP contribution < -0.4 is 10.6 Å². The number of guanidine groups is 1. The van der Waals surface area contributed by atoms with Crippen LogP contribution in [0.1, 0.15) is 62.6 Å². The first-order valence-corrected chi connectivity index (χ1v) is 12.6. The molecule has 5 nitrogen and oxygen atoms in total. The van der Waals surface area contributed by atoms with Crippen LogP contribution in [0.2, 0.25) is 0 Å². The molecule has 30 heavy (non-hydrogen) atoms. The van der Waals surface area contributed by atoms with Crippen molar-refractivity contribution in [3.63, 3.8) is 0 Å². The molecule has 1 aromatic rings. The SMILES string of the molecule is CCS(=O)C1CCCC(NC(=NC)NCC(c2ccc(C)cc2)N2CCCC2)C1.I. The molecule has 4 atom stereocenters. The molecule has 1 aliphatic carbocycles. The summed E-state index contributed by atoms with van der Waals surface area (Å²) in [5, 5.41) is 7.52. The minimum absolute atomic E-state index is 0. The lowest BCUT2D eigenvalue weighted by atomic mass is 9.95. The number of likely N-dealkylation sites (tertiary alicyclic amines) is 1. The van der Waals surface area contributed by atoms with Crippen LogP contribution >= 0.6 is 24.0 Å². The van der Waals surface area contributed by atoms with E-state index < -0.39 is 10.8 Å². The van der Waals surface area contributed by atoms with E-state index in [9.17, 15) is 4.21 Å². The summed E-state index contributed by atoms with van der Waals surface area (Å²) in [5.41, 5.74) is 2.67. The molecule has 1 saturated heterocycles. The normalized spacial score (nSPS) is 24.7. The van der Waals surface area contributed by atoms with Crippen molar-refractivity contribution in [2.24, 2.45) is 4.99 Å². The maximum atomic E-state index is 12.2. The molecule has 170 valence electrons. The van der Waals surface area contributed by atoms with Gasteiger partial charge in [0.15, 0.2) is 5.96 Å². The average Bonchev–Trinajstić information content (AvgIpc) is 3.28. The molecule has 0 bridgehead atoms. The van der Waals surface area contributed by atoms with E-state index in [1.165, 1.54) is 37.1 Å². The van der Waals surface area contributed by atoms with Crippen LogP contribution in [0.3, 0.4) is 0 Å². The number of benzene rings is 1. The highest BCUT2D eigenvalue weighted by molar-refractivity contribution is 14.0. The Balaban J connectivity index is 0.00000320. The predicted octanol–water partition coefficient (Wildman–Crippen LogP) is 3.99. The molecule has 1 saturated carbocycles. The second-order valence-corrected chi connectivity index (χ2v) is 10.4. The fraction of sp³-hybridized carbons (Fsp3) is 0.696. The lowest BCUT2D eigenvalue weighted by Gasteiger charge is -2.32. The van der Waals surface area contributed by atoms with Crippen molar-refractivity contribution in [2.75, 3.05) is 32.4 Å². The molecule has 1 aromatic carbocycles. The van der Waals surface area contributed by atoms with Crippen molar-refractivity contribution in [3.05, 3.63) is 35.4 Å². The molecule has 7 heteroatoms. The van der Waals surface area contributed by atoms with Gasteiger partial charge in [-0.3, -0.25) is 14.1 Å². The van der Waals surface area contributed by atoms with Crippen LogP contribution in [0.25, 0.3) is 0 Å². The molecule has 2 aliphatic rings. The molecule has 0 spiro atoms. The highest BCUT2D eigenvalue weighted by Gasteiger charge is 2.27. The zero-order valence-corrected chi connectivity index (χ0v) is 21.9. The zero-order chi connectivity index (χ0) is 20.6. The number of aliphatic imine (C=N–C) groups is 1. The van der Waals surface area contributed by atoms with E-state index in [1.807, 2.05) is 14.0 Å². The molecule has 4 unspecified atom stereocenters. The van der Waals surface area contributed by atoms with E-state index in [0.29, 0.717) is 17.3 Å². The third kappa shape index (κ3) is 7.19. The van der Waals surface area contributed by atoms with Crippen molar-refractivity contribution in [1.29, 1.82) is 0 Å². The van der Waals surface area contributed by atoms with Crippen molar-refractivity contribution in [3.8, 4) is 0 Å². The molecule has 3 rings (SSSR count). The van der Waals surface area contributed by atoms with Gasteiger partial charge in [0.2, 0.25) is 0 Å². The first-order chi connectivity index (χ1) is 14.1. The van der Waals surface area contributed by atoms with E-state index in [0.717, 1.165) is 43.9 Å². The Morgan fingerprint density at radius 3 is 2.53 bits per heavy atom. The molecular formula is C23H39IN4OS. The number of nitrogens with zero attached hydrogens (tertiary/aromatic N) is 2. The second-order valence-electron chi connectivity index (χ2n) is 8.42. The summed E-state index contributed by atoms with van der Waals surface area (Å²) in [6.07, 6.45) is 6.92. The highest BCUT2D eigenvalue weighted by atomic mass is 127. The first kappa shape index (κ1) is 25.6. The second kappa shape index (κ2) is 13.0. The Hall–Kier alpha value is -0.670. The average molecular weight is 547 g/mol. The van der Waals surface area contributed by atoms with Gasteiger partial charge >= 0.3 is 0 Å². The molecule has 1 heterocycles. The molecule has 0 aromatic heterocycles. The molecule has 2 N–H and O–H groups in total. The van der Waals surface area contributed by atoms with Gasteiger partial charge in [-0.1, -0.05) is 43.2 Å². The van der Waals surface area contributed by atoms with Crippen molar-refractivity contribution >= 4 is 40.7 Å². The topological polar surface area (TPSA) is 56.7 Å². The molecular weight excluding hydrogens is 507 g/mol. The van der Waals surface area contributed by atoms with Gasteiger partial charge in [-0.25, -0.2) is 0 Å². The fourth-order valence-electron chi connectivity index (χ4n) is 4.63. The Kier molecular flexibility index (Phi) is 11.1. The third-order valence-electron chi connectivity index (χ3n) is 6.35. The highest BCUT2D eigenvalue weighted by Crippen LogP contribution is 2.25. The van der Waals surface area contributed by atoms with Gasteiger partial charge < -0.3 is 10.6 Å². The summed E-state index contributed by atoms with van der Waals surface area (Å²) in [4.78, 5) is 7.07. The minimum Gasteiger partial charge on any atom is -0.354 e. The lowest BCUT2D eigenvalue weighted by molar-refractivity contribution is 0.245. The Morgan fingerprint density at radius 2 is 1.90 bits per heavy atom. The summed E-state index contributed by atoms with van der Waals surface area (Å²) >= 11 is 0. The van der Waals surface area contributed by atoms with Crippen LogP contribution in [0.4, 0.5) is 0 Å². The van der Waals surface area contributed by atoms with E-state index in [-0.39, 0.29) is 24.0 Å². The maximum Gasteiger partial charge on any atom is 0.191 e. The summed E-state index contributed by atoms with van der Waals surface area (Å²) < 4.78 is 12.2. The van der Waals surface area contributed by atoms with Crippen LogP contribution in [0.15, 0.2) is 29.3 Å². The standard InChI is InChI=1S/C23H38N4OS.HI/c1-4-29(28)21-9-7-8-20(16-21)26-23(24-3)25-17-22(27-14-5-6-15-27)19-12-10-18(2)11-13-19;/h10-13,20-22H,4-9,14-17H2,1-3H3,(H2,24,25,26);1H. The fourth-order valence-corrected chi connectivity index (χ4v) is 5.98. The van der Waals surface area contributed by atoms with E-state index >= 15 is 0 Å². The van der Waals surface area contributed by atoms with Gasteiger partial charge in [0.05, 0.1) is 6.04 Å². The molecule has 0 radical (unpaired) electrons. The van der Waals surface area contributed by atoms with E-state index in [1.54, 1.807) is 0 Å². The number of halogens is 1. The van der Waals surface area contributed by atoms with Gasteiger partial charge in [-0.15, -0.1) is 24.0 Å². The summed E-state index contributed by atoms with van der Waals surface area (Å²) in [5.74, 6) is 1.63. The summed E-state index contributed by atoms with van der Waals surface area (Å²) in [6, 6.07) is 9.68. The minimum atomic E-state index is -0.698. The number of hydrogen-bond acceptors (Lipinski definition) is 3. The molecule has 0 amide bonds. The van der Waals surface area contributed by atoms with Crippen molar-refractivity contribution in [2.45, 2.75) is 69.7 Å². The monoisotopic (exact) mass is 546 g/mol. The third-order valence-corrected chi connectivity index (χ3v) is 8.09. The quantitative estimate of drug-likeness (QED) is 0.309. The smallest absolute Gasteiger partial charge is 0.191 e. The number of aryl methyl sites for hydroxylation is 1. The zero-order valence-electron chi connectivity index (χ0n) is 18.7. The molecule has 2 fully saturated rings. The van der Waals surface area contributed by atoms with Gasteiger partial charge in [0.25, 0.3) is 0 Å². The van der Waals surface area contributed by atoms with Crippen LogP contribution in [0.5, 0.6) is 0 Å².